The van der Waals surface area contributed by atoms with E-state index in [4.69, 9.17) is 20.5 Å². The zero-order chi connectivity index (χ0) is 22.2. The number of carbonyl (C=O) groups is 1. The molecule has 0 saturated heterocycles. The van der Waals surface area contributed by atoms with Crippen LogP contribution in [0.1, 0.15) is 55.7 Å². The number of esters is 1. The van der Waals surface area contributed by atoms with Crippen LogP contribution in [-0.4, -0.2) is 40.0 Å². The predicted molar refractivity (Wildman–Crippen MR) is 122 cm³/mol. The number of aliphatic imine (C=N–C) groups is 1. The Balaban J connectivity index is 2.18. The molecule has 1 atom stereocenters. The summed E-state index contributed by atoms with van der Waals surface area (Å²) in [6.45, 7) is 11.1. The molecule has 0 fully saturated rings. The normalized spacial score (nSPS) is 16.6. The second kappa shape index (κ2) is 8.10. The van der Waals surface area contributed by atoms with Crippen LogP contribution >= 0.6 is 11.3 Å². The van der Waals surface area contributed by atoms with Crippen molar-refractivity contribution in [2.24, 2.45) is 4.99 Å². The van der Waals surface area contributed by atoms with Crippen molar-refractivity contribution in [3.05, 3.63) is 46.1 Å². The molecule has 3 heterocycles. The molecule has 0 radical (unpaired) electrons. The number of pyridine rings is 1. The number of anilines is 1. The van der Waals surface area contributed by atoms with Crippen LogP contribution in [-0.2, 0) is 9.53 Å². The number of aromatic nitrogens is 1. The average molecular weight is 426 g/mol. The van der Waals surface area contributed by atoms with Gasteiger partial charge in [0, 0.05) is 28.4 Å². The minimum Gasteiger partial charge on any atom is -0.460 e. The summed E-state index contributed by atoms with van der Waals surface area (Å²) in [7, 11) is 0. The van der Waals surface area contributed by atoms with Crippen molar-refractivity contribution < 1.29 is 9.53 Å². The first-order valence-electron chi connectivity index (χ1n) is 9.73. The summed E-state index contributed by atoms with van der Waals surface area (Å²) in [5.74, 6) is -0.112. The van der Waals surface area contributed by atoms with E-state index >= 15 is 0 Å². The van der Waals surface area contributed by atoms with Crippen molar-refractivity contribution in [2.45, 2.75) is 59.6 Å². The number of nitrogens with zero attached hydrogens (tertiary/aromatic N) is 3. The van der Waals surface area contributed by atoms with Crippen LogP contribution in [0, 0.1) is 24.7 Å². The molecular formula is C22H27N5O2S. The highest BCUT2D eigenvalue weighted by Crippen LogP contribution is 2.40. The van der Waals surface area contributed by atoms with E-state index in [-0.39, 0.29) is 18.1 Å². The zero-order valence-corrected chi connectivity index (χ0v) is 19.0. The van der Waals surface area contributed by atoms with Gasteiger partial charge in [-0.2, -0.15) is 0 Å². The Morgan fingerprint density at radius 3 is 2.47 bits per heavy atom. The molecule has 30 heavy (non-hydrogen) atoms. The van der Waals surface area contributed by atoms with Crippen molar-refractivity contribution in [3.63, 3.8) is 0 Å². The number of thiophene rings is 1. The van der Waals surface area contributed by atoms with Gasteiger partial charge >= 0.3 is 5.97 Å². The lowest BCUT2D eigenvalue weighted by atomic mass is 10.0. The summed E-state index contributed by atoms with van der Waals surface area (Å²) in [6.07, 6.45) is 3.33. The van der Waals surface area contributed by atoms with Crippen molar-refractivity contribution >= 4 is 39.7 Å². The highest BCUT2D eigenvalue weighted by atomic mass is 32.1. The Hall–Kier alpha value is -2.87. The summed E-state index contributed by atoms with van der Waals surface area (Å²) in [5.41, 5.74) is 2.90. The fraction of sp³-hybridized carbons (Fsp3) is 0.409. The molecule has 0 bridgehead atoms. The maximum atomic E-state index is 12.6. The molecule has 1 aliphatic rings. The Labute approximate surface area is 180 Å². The summed E-state index contributed by atoms with van der Waals surface area (Å²) >= 11 is 1.53. The van der Waals surface area contributed by atoms with Gasteiger partial charge in [0.2, 0.25) is 0 Å². The minimum absolute atomic E-state index is 0.0680. The van der Waals surface area contributed by atoms with Gasteiger partial charge in [-0.15, -0.1) is 11.3 Å². The first-order valence-corrected chi connectivity index (χ1v) is 10.6. The summed E-state index contributed by atoms with van der Waals surface area (Å²) in [6, 6.07) is 2.98. The lowest BCUT2D eigenvalue weighted by molar-refractivity contribution is -0.154. The number of hydrogen-bond donors (Lipinski definition) is 2. The van der Waals surface area contributed by atoms with Crippen LogP contribution < -0.4 is 4.90 Å². The molecule has 0 saturated carbocycles. The van der Waals surface area contributed by atoms with Gasteiger partial charge in [-0.1, -0.05) is 0 Å². The van der Waals surface area contributed by atoms with Gasteiger partial charge in [-0.25, -0.2) is 0 Å². The highest BCUT2D eigenvalue weighted by Gasteiger charge is 2.35. The first-order chi connectivity index (χ1) is 14.0. The summed E-state index contributed by atoms with van der Waals surface area (Å²) in [4.78, 5) is 24.2. The molecule has 0 aliphatic carbocycles. The first kappa shape index (κ1) is 21.8. The van der Waals surface area contributed by atoms with Gasteiger partial charge in [0.15, 0.2) is 0 Å². The van der Waals surface area contributed by atoms with Gasteiger partial charge in [0.05, 0.1) is 12.1 Å². The van der Waals surface area contributed by atoms with Crippen molar-refractivity contribution in [1.82, 2.24) is 4.98 Å². The number of hydrogen-bond acceptors (Lipinski definition) is 7. The average Bonchev–Trinajstić information content (AvgIpc) is 2.85. The van der Waals surface area contributed by atoms with Gasteiger partial charge < -0.3 is 4.74 Å². The molecule has 158 valence electrons. The van der Waals surface area contributed by atoms with E-state index in [0.717, 1.165) is 26.6 Å². The highest BCUT2D eigenvalue weighted by molar-refractivity contribution is 7.17. The zero-order valence-electron chi connectivity index (χ0n) is 18.2. The van der Waals surface area contributed by atoms with Crippen LogP contribution in [0.15, 0.2) is 29.5 Å². The van der Waals surface area contributed by atoms with Crippen molar-refractivity contribution in [1.29, 1.82) is 10.8 Å². The number of aryl methyl sites for hydroxylation is 1. The van der Waals surface area contributed by atoms with Gasteiger partial charge in [0.1, 0.15) is 28.3 Å². The number of amidine groups is 2. The van der Waals surface area contributed by atoms with Gasteiger partial charge in [-0.3, -0.25) is 30.5 Å². The van der Waals surface area contributed by atoms with E-state index in [1.165, 1.54) is 11.3 Å². The largest absolute Gasteiger partial charge is 0.460 e. The van der Waals surface area contributed by atoms with Crippen LogP contribution in [0.4, 0.5) is 5.00 Å². The van der Waals surface area contributed by atoms with Crippen LogP contribution in [0.25, 0.3) is 0 Å². The number of ether oxygens (including phenoxy) is 1. The fourth-order valence-corrected chi connectivity index (χ4v) is 4.55. The topological polar surface area (TPSA) is 102 Å². The minimum atomic E-state index is -0.761. The third-order valence-electron chi connectivity index (χ3n) is 4.72. The third kappa shape index (κ3) is 4.33. The molecule has 2 N–H and O–H groups in total. The number of nitrogens with one attached hydrogen (secondary N) is 2. The molecule has 2 aromatic heterocycles. The molecule has 8 heteroatoms. The van der Waals surface area contributed by atoms with Crippen LogP contribution in [0.2, 0.25) is 0 Å². The molecular weight excluding hydrogens is 398 g/mol. The fourth-order valence-electron chi connectivity index (χ4n) is 3.33. The maximum absolute atomic E-state index is 12.6. The lowest BCUT2D eigenvalue weighted by Gasteiger charge is -2.25. The van der Waals surface area contributed by atoms with Gasteiger partial charge in [0.25, 0.3) is 0 Å². The third-order valence-corrected chi connectivity index (χ3v) is 5.91. The van der Waals surface area contributed by atoms with E-state index < -0.39 is 17.6 Å². The molecule has 7 nitrogen and oxygen atoms in total. The second-order valence-corrected chi connectivity index (χ2v) is 9.49. The molecule has 2 aromatic rings. The van der Waals surface area contributed by atoms with E-state index in [9.17, 15) is 4.79 Å². The Bertz CT molecular complexity index is 1030. The Morgan fingerprint density at radius 1 is 1.27 bits per heavy atom. The standard InChI is InChI=1S/C22H27N5O2S/c1-12-13(2)30-21-18(12)19(15-7-9-25-10-8-15)26-16(20(24)27(21)14(3)23)11-17(28)29-22(4,5)6/h7-10,16,23-24H,11H2,1-6H3. The van der Waals surface area contributed by atoms with E-state index in [1.54, 1.807) is 24.2 Å². The monoisotopic (exact) mass is 425 g/mol. The molecule has 3 rings (SSSR count). The van der Waals surface area contributed by atoms with Crippen molar-refractivity contribution in [3.8, 4) is 0 Å². The quantitative estimate of drug-likeness (QED) is 0.429. The van der Waals surface area contributed by atoms with Crippen LogP contribution in [0.3, 0.4) is 0 Å². The molecule has 0 amide bonds. The van der Waals surface area contributed by atoms with E-state index in [0.29, 0.717) is 5.71 Å². The molecule has 0 aromatic carbocycles. The number of fused-ring (bicyclic) bond motifs is 1. The number of rotatable bonds is 3. The van der Waals surface area contributed by atoms with E-state index in [2.05, 4.69) is 4.98 Å². The van der Waals surface area contributed by atoms with Crippen LogP contribution in [0.5, 0.6) is 0 Å². The van der Waals surface area contributed by atoms with Gasteiger partial charge in [-0.05, 0) is 59.2 Å². The SMILES string of the molecule is CC(=N)N1C(=N)C(CC(=O)OC(C)(C)C)N=C(c2ccncc2)c2c1sc(C)c2C. The maximum Gasteiger partial charge on any atom is 0.308 e. The summed E-state index contributed by atoms with van der Waals surface area (Å²) in [5, 5.41) is 17.9. The smallest absolute Gasteiger partial charge is 0.308 e. The predicted octanol–water partition coefficient (Wildman–Crippen LogP) is 4.49. The second-order valence-electron chi connectivity index (χ2n) is 8.29. The van der Waals surface area contributed by atoms with Crippen molar-refractivity contribution in [2.75, 3.05) is 4.90 Å². The Kier molecular flexibility index (Phi) is 5.90. The number of carbonyl (C=O) groups excluding carboxylic acids is 1. The summed E-state index contributed by atoms with van der Waals surface area (Å²) < 4.78 is 5.48. The van der Waals surface area contributed by atoms with E-state index in [1.807, 2.05) is 46.8 Å². The molecule has 1 unspecified atom stereocenters. The Morgan fingerprint density at radius 2 is 1.90 bits per heavy atom. The molecule has 1 aliphatic heterocycles. The lowest BCUT2D eigenvalue weighted by Crippen LogP contribution is -2.41. The molecule has 0 spiro atoms.